The van der Waals surface area contributed by atoms with E-state index in [1.165, 1.54) is 0 Å². The number of imidazole rings is 1. The normalized spacial score (nSPS) is 10.8. The molecule has 1 N–H and O–H groups in total. The molecule has 1 amide bonds. The molecule has 0 bridgehead atoms. The molecule has 22 heavy (non-hydrogen) atoms. The van der Waals surface area contributed by atoms with Crippen molar-refractivity contribution in [2.45, 2.75) is 13.3 Å². The zero-order valence-electron chi connectivity index (χ0n) is 12.2. The second-order valence-corrected chi connectivity index (χ2v) is 5.60. The molecule has 3 aromatic rings. The van der Waals surface area contributed by atoms with E-state index >= 15 is 0 Å². The van der Waals surface area contributed by atoms with Gasteiger partial charge in [-0.05, 0) is 30.7 Å². The first-order valence-electron chi connectivity index (χ1n) is 7.10. The molecule has 0 aliphatic heterocycles. The van der Waals surface area contributed by atoms with Gasteiger partial charge in [0.05, 0.1) is 10.7 Å². The van der Waals surface area contributed by atoms with E-state index < -0.39 is 0 Å². The van der Waals surface area contributed by atoms with Gasteiger partial charge < -0.3 is 9.72 Å². The van der Waals surface area contributed by atoms with Gasteiger partial charge in [0.25, 0.3) is 5.91 Å². The number of nitrogens with zero attached hydrogens (tertiary/aromatic N) is 2. The zero-order chi connectivity index (χ0) is 15.5. The second-order valence-electron chi connectivity index (χ2n) is 5.17. The third-order valence-corrected chi connectivity index (χ3v) is 3.74. The van der Waals surface area contributed by atoms with Crippen LogP contribution >= 0.6 is 11.6 Å². The Labute approximate surface area is 133 Å². The first-order chi connectivity index (χ1) is 10.6. The van der Waals surface area contributed by atoms with Crippen LogP contribution in [0.25, 0.3) is 5.65 Å². The number of rotatable bonds is 4. The Morgan fingerprint density at radius 3 is 2.86 bits per heavy atom. The average molecular weight is 314 g/mol. The predicted molar refractivity (Wildman–Crippen MR) is 87.4 cm³/mol. The molecule has 0 spiro atoms. The quantitative estimate of drug-likeness (QED) is 0.803. The van der Waals surface area contributed by atoms with E-state index in [1.807, 2.05) is 60.1 Å². The fourth-order valence-electron chi connectivity index (χ4n) is 2.36. The molecule has 0 aliphatic rings. The molecule has 0 atom stereocenters. The van der Waals surface area contributed by atoms with Crippen molar-refractivity contribution in [3.63, 3.8) is 0 Å². The number of aryl methyl sites for hydroxylation is 1. The minimum Gasteiger partial charge on any atom is -0.352 e. The summed E-state index contributed by atoms with van der Waals surface area (Å²) in [7, 11) is 0. The van der Waals surface area contributed by atoms with Gasteiger partial charge in [-0.25, -0.2) is 4.98 Å². The lowest BCUT2D eigenvalue weighted by molar-refractivity contribution is 0.0953. The van der Waals surface area contributed by atoms with E-state index in [9.17, 15) is 4.79 Å². The van der Waals surface area contributed by atoms with Crippen molar-refractivity contribution >= 4 is 23.2 Å². The molecule has 0 saturated heterocycles. The highest BCUT2D eigenvalue weighted by Gasteiger charge is 2.08. The Hall–Kier alpha value is -2.33. The number of hydrogen-bond acceptors (Lipinski definition) is 2. The van der Waals surface area contributed by atoms with Crippen LogP contribution < -0.4 is 5.32 Å². The Morgan fingerprint density at radius 2 is 2.05 bits per heavy atom. The van der Waals surface area contributed by atoms with Crippen LogP contribution in [0.2, 0.25) is 5.02 Å². The van der Waals surface area contributed by atoms with E-state index in [1.54, 1.807) is 0 Å². The standard InChI is InChI=1S/C17H16ClN3O/c1-12-4-2-3-5-15(12)17(22)19-9-8-14-11-21-10-13(18)6-7-16(21)20-14/h2-7,10-11H,8-9H2,1H3,(H,19,22). The molecule has 3 rings (SSSR count). The molecular formula is C17H16ClN3O. The van der Waals surface area contributed by atoms with Gasteiger partial charge in [0.2, 0.25) is 0 Å². The van der Waals surface area contributed by atoms with Crippen LogP contribution in [0.5, 0.6) is 0 Å². The summed E-state index contributed by atoms with van der Waals surface area (Å²) in [5.74, 6) is -0.0510. The molecule has 0 fully saturated rings. The van der Waals surface area contributed by atoms with Crippen LogP contribution in [-0.4, -0.2) is 21.8 Å². The van der Waals surface area contributed by atoms with Crippen LogP contribution in [0, 0.1) is 6.92 Å². The number of carbonyl (C=O) groups is 1. The first kappa shape index (κ1) is 14.6. The molecular weight excluding hydrogens is 298 g/mol. The number of benzene rings is 1. The number of amides is 1. The first-order valence-corrected chi connectivity index (χ1v) is 7.48. The highest BCUT2D eigenvalue weighted by Crippen LogP contribution is 2.12. The SMILES string of the molecule is Cc1ccccc1C(=O)NCCc1cn2cc(Cl)ccc2n1. The molecule has 2 heterocycles. The molecule has 2 aromatic heterocycles. The second kappa shape index (κ2) is 6.20. The summed E-state index contributed by atoms with van der Waals surface area (Å²) < 4.78 is 1.89. The summed E-state index contributed by atoms with van der Waals surface area (Å²) in [6.07, 6.45) is 4.43. The molecule has 0 radical (unpaired) electrons. The summed E-state index contributed by atoms with van der Waals surface area (Å²) in [5.41, 5.74) is 3.46. The van der Waals surface area contributed by atoms with E-state index in [0.29, 0.717) is 23.6 Å². The van der Waals surface area contributed by atoms with E-state index in [0.717, 1.165) is 16.9 Å². The summed E-state index contributed by atoms with van der Waals surface area (Å²) in [6, 6.07) is 11.2. The zero-order valence-corrected chi connectivity index (χ0v) is 13.0. The number of carbonyl (C=O) groups excluding carboxylic acids is 1. The van der Waals surface area contributed by atoms with Gasteiger partial charge in [0.1, 0.15) is 5.65 Å². The maximum absolute atomic E-state index is 12.1. The summed E-state index contributed by atoms with van der Waals surface area (Å²) in [5, 5.41) is 3.60. The number of aromatic nitrogens is 2. The summed E-state index contributed by atoms with van der Waals surface area (Å²) in [4.78, 5) is 16.6. The van der Waals surface area contributed by atoms with Crippen molar-refractivity contribution in [2.24, 2.45) is 0 Å². The van der Waals surface area contributed by atoms with Crippen LogP contribution in [0.15, 0.2) is 48.8 Å². The third-order valence-electron chi connectivity index (χ3n) is 3.52. The number of pyridine rings is 1. The van der Waals surface area contributed by atoms with Gasteiger partial charge in [-0.1, -0.05) is 29.8 Å². The number of nitrogens with one attached hydrogen (secondary N) is 1. The van der Waals surface area contributed by atoms with Crippen molar-refractivity contribution in [3.8, 4) is 0 Å². The van der Waals surface area contributed by atoms with Gasteiger partial charge >= 0.3 is 0 Å². The fraction of sp³-hybridized carbons (Fsp3) is 0.176. The highest BCUT2D eigenvalue weighted by molar-refractivity contribution is 6.30. The smallest absolute Gasteiger partial charge is 0.251 e. The largest absolute Gasteiger partial charge is 0.352 e. The Morgan fingerprint density at radius 1 is 1.23 bits per heavy atom. The van der Waals surface area contributed by atoms with Gasteiger partial charge in [-0.15, -0.1) is 0 Å². The maximum Gasteiger partial charge on any atom is 0.251 e. The Balaban J connectivity index is 1.62. The Kier molecular flexibility index (Phi) is 4.11. The van der Waals surface area contributed by atoms with Crippen molar-refractivity contribution in [1.29, 1.82) is 0 Å². The molecule has 1 aromatic carbocycles. The van der Waals surface area contributed by atoms with Crippen LogP contribution in [-0.2, 0) is 6.42 Å². The van der Waals surface area contributed by atoms with E-state index in [4.69, 9.17) is 11.6 Å². The molecule has 0 saturated carbocycles. The maximum atomic E-state index is 12.1. The van der Waals surface area contributed by atoms with Crippen molar-refractivity contribution in [1.82, 2.24) is 14.7 Å². The predicted octanol–water partition coefficient (Wildman–Crippen LogP) is 3.27. The third kappa shape index (κ3) is 3.12. The number of fused-ring (bicyclic) bond motifs is 1. The van der Waals surface area contributed by atoms with Crippen LogP contribution in [0.3, 0.4) is 0 Å². The minimum atomic E-state index is -0.0510. The van der Waals surface area contributed by atoms with Crippen molar-refractivity contribution in [2.75, 3.05) is 6.54 Å². The molecule has 4 nitrogen and oxygen atoms in total. The lowest BCUT2D eigenvalue weighted by Crippen LogP contribution is -2.26. The number of halogens is 1. The summed E-state index contributed by atoms with van der Waals surface area (Å²) in [6.45, 7) is 2.48. The van der Waals surface area contributed by atoms with Crippen LogP contribution in [0.1, 0.15) is 21.6 Å². The summed E-state index contributed by atoms with van der Waals surface area (Å²) >= 11 is 5.95. The van der Waals surface area contributed by atoms with Crippen LogP contribution in [0.4, 0.5) is 0 Å². The number of hydrogen-bond donors (Lipinski definition) is 1. The topological polar surface area (TPSA) is 46.4 Å². The van der Waals surface area contributed by atoms with Crippen molar-refractivity contribution < 1.29 is 4.79 Å². The fourth-order valence-corrected chi connectivity index (χ4v) is 2.53. The molecule has 5 heteroatoms. The van der Waals surface area contributed by atoms with Gasteiger partial charge in [0.15, 0.2) is 0 Å². The van der Waals surface area contributed by atoms with Gasteiger partial charge in [0, 0.05) is 30.9 Å². The van der Waals surface area contributed by atoms with Crippen molar-refractivity contribution in [3.05, 3.63) is 70.6 Å². The van der Waals surface area contributed by atoms with Gasteiger partial charge in [-0.3, -0.25) is 4.79 Å². The molecule has 112 valence electrons. The highest BCUT2D eigenvalue weighted by atomic mass is 35.5. The minimum absolute atomic E-state index is 0.0510. The lowest BCUT2D eigenvalue weighted by atomic mass is 10.1. The lowest BCUT2D eigenvalue weighted by Gasteiger charge is -2.06. The monoisotopic (exact) mass is 313 g/mol. The Bertz CT molecular complexity index is 826. The molecule has 0 unspecified atom stereocenters. The van der Waals surface area contributed by atoms with E-state index in [2.05, 4.69) is 10.3 Å². The van der Waals surface area contributed by atoms with E-state index in [-0.39, 0.29) is 5.91 Å². The van der Waals surface area contributed by atoms with Gasteiger partial charge in [-0.2, -0.15) is 0 Å². The molecule has 0 aliphatic carbocycles. The average Bonchev–Trinajstić information content (AvgIpc) is 2.89.